The number of nitro groups is 1. The fourth-order valence-corrected chi connectivity index (χ4v) is 1.68. The molecule has 12 heteroatoms. The van der Waals surface area contributed by atoms with E-state index in [4.69, 9.17) is 9.47 Å². The minimum absolute atomic E-state index is 0.0316. The fraction of sp³-hybridized carbons (Fsp3) is 0.429. The van der Waals surface area contributed by atoms with Gasteiger partial charge in [0.1, 0.15) is 5.75 Å². The molecule has 26 heavy (non-hydrogen) atoms. The van der Waals surface area contributed by atoms with Crippen molar-refractivity contribution in [3.05, 3.63) is 44.5 Å². The Kier molecular flexibility index (Phi) is 7.25. The minimum atomic E-state index is -1.48. The number of nitrogens with zero attached hydrogens (tertiary/aromatic N) is 2. The van der Waals surface area contributed by atoms with Crippen molar-refractivity contribution in [1.82, 2.24) is 0 Å². The van der Waals surface area contributed by atoms with Crippen LogP contribution in [0.5, 0.6) is 5.75 Å². The van der Waals surface area contributed by atoms with Gasteiger partial charge in [-0.3, -0.25) is 15.0 Å². The Hall–Kier alpha value is -3.44. The standard InChI is InChI=1S/C14H16N2O10/c1-8(2)12(26-16(21)22)13(17)23-9(3)24-14(18)25-11-6-4-10(5-7-11)15(19)20/h4-9,12H,1-3H3/t9?,12-/m0/s1. The zero-order chi connectivity index (χ0) is 19.9. The molecule has 0 aromatic heterocycles. The second-order valence-corrected chi connectivity index (χ2v) is 5.22. The molecule has 0 radical (unpaired) electrons. The van der Waals surface area contributed by atoms with E-state index in [1.165, 1.54) is 32.9 Å². The first-order valence-corrected chi connectivity index (χ1v) is 7.24. The van der Waals surface area contributed by atoms with Crippen molar-refractivity contribution in [3.63, 3.8) is 0 Å². The number of carbonyl (C=O) groups is 2. The van der Waals surface area contributed by atoms with Crippen LogP contribution in [-0.4, -0.2) is 34.5 Å². The molecule has 0 aliphatic heterocycles. The van der Waals surface area contributed by atoms with Crippen LogP contribution in [0.3, 0.4) is 0 Å². The van der Waals surface area contributed by atoms with Crippen LogP contribution < -0.4 is 4.74 Å². The molecular weight excluding hydrogens is 356 g/mol. The zero-order valence-electron chi connectivity index (χ0n) is 14.0. The summed E-state index contributed by atoms with van der Waals surface area (Å²) in [5.41, 5.74) is -0.196. The van der Waals surface area contributed by atoms with Gasteiger partial charge in [0, 0.05) is 19.1 Å². The van der Waals surface area contributed by atoms with E-state index in [1.54, 1.807) is 0 Å². The van der Waals surface area contributed by atoms with Gasteiger partial charge in [-0.1, -0.05) is 13.8 Å². The first kappa shape index (κ1) is 20.6. The lowest BCUT2D eigenvalue weighted by atomic mass is 10.1. The average molecular weight is 372 g/mol. The van der Waals surface area contributed by atoms with Gasteiger partial charge in [0.05, 0.1) is 4.92 Å². The zero-order valence-corrected chi connectivity index (χ0v) is 14.0. The third kappa shape index (κ3) is 6.59. The summed E-state index contributed by atoms with van der Waals surface area (Å²) < 4.78 is 14.2. The highest BCUT2D eigenvalue weighted by Gasteiger charge is 2.30. The topological polar surface area (TPSA) is 157 Å². The van der Waals surface area contributed by atoms with Crippen molar-refractivity contribution in [2.45, 2.75) is 33.2 Å². The number of hydrogen-bond donors (Lipinski definition) is 0. The molecule has 0 spiro atoms. The quantitative estimate of drug-likeness (QED) is 0.218. The van der Waals surface area contributed by atoms with E-state index in [0.717, 1.165) is 12.1 Å². The largest absolute Gasteiger partial charge is 0.516 e. The monoisotopic (exact) mass is 372 g/mol. The van der Waals surface area contributed by atoms with Crippen molar-refractivity contribution in [3.8, 4) is 5.75 Å². The van der Waals surface area contributed by atoms with Crippen LogP contribution in [0.15, 0.2) is 24.3 Å². The number of ether oxygens (including phenoxy) is 3. The van der Waals surface area contributed by atoms with Crippen LogP contribution in [0.25, 0.3) is 0 Å². The summed E-state index contributed by atoms with van der Waals surface area (Å²) in [5, 5.41) is 19.8. The summed E-state index contributed by atoms with van der Waals surface area (Å²) in [5.74, 6) is -1.68. The summed E-state index contributed by atoms with van der Waals surface area (Å²) in [6, 6.07) is 4.59. The lowest BCUT2D eigenvalue weighted by Gasteiger charge is -2.20. The highest BCUT2D eigenvalue weighted by atomic mass is 17.0. The molecule has 1 aromatic rings. The Labute approximate surface area is 146 Å². The third-order valence-corrected chi connectivity index (χ3v) is 2.83. The molecule has 1 aromatic carbocycles. The van der Waals surface area contributed by atoms with Crippen molar-refractivity contribution in [2.75, 3.05) is 0 Å². The SMILES string of the molecule is CC(OC(=O)Oc1ccc([N+](=O)[O-])cc1)OC(=O)[C@@H](O[N+](=O)[O-])C(C)C. The Bertz CT molecular complexity index is 673. The molecule has 2 atom stereocenters. The molecule has 0 heterocycles. The third-order valence-electron chi connectivity index (χ3n) is 2.83. The predicted octanol–water partition coefficient (Wildman–Crippen LogP) is 2.23. The van der Waals surface area contributed by atoms with E-state index < -0.39 is 40.4 Å². The summed E-state index contributed by atoms with van der Waals surface area (Å²) in [7, 11) is 0. The fourth-order valence-electron chi connectivity index (χ4n) is 1.68. The Balaban J connectivity index is 2.56. The van der Waals surface area contributed by atoms with Crippen LogP contribution in [-0.2, 0) is 19.1 Å². The van der Waals surface area contributed by atoms with E-state index in [2.05, 4.69) is 9.57 Å². The number of benzene rings is 1. The first-order chi connectivity index (χ1) is 12.1. The summed E-state index contributed by atoms with van der Waals surface area (Å²) in [6.45, 7) is 4.20. The predicted molar refractivity (Wildman–Crippen MR) is 82.5 cm³/mol. The van der Waals surface area contributed by atoms with Crippen LogP contribution in [0.2, 0.25) is 0 Å². The molecule has 1 unspecified atom stereocenters. The molecular formula is C14H16N2O10. The van der Waals surface area contributed by atoms with Gasteiger partial charge in [0.2, 0.25) is 12.4 Å². The van der Waals surface area contributed by atoms with Gasteiger partial charge in [-0.2, -0.15) is 0 Å². The lowest BCUT2D eigenvalue weighted by Crippen LogP contribution is -2.36. The number of nitro benzene ring substituents is 1. The Morgan fingerprint density at radius 2 is 1.58 bits per heavy atom. The van der Waals surface area contributed by atoms with E-state index in [9.17, 15) is 29.8 Å². The second kappa shape index (κ2) is 9.15. The van der Waals surface area contributed by atoms with Crippen molar-refractivity contribution in [2.24, 2.45) is 5.92 Å². The van der Waals surface area contributed by atoms with Crippen molar-refractivity contribution >= 4 is 17.8 Å². The van der Waals surface area contributed by atoms with Gasteiger partial charge in [-0.15, -0.1) is 10.1 Å². The van der Waals surface area contributed by atoms with Gasteiger partial charge in [0.25, 0.3) is 10.8 Å². The summed E-state index contributed by atoms with van der Waals surface area (Å²) >= 11 is 0. The van der Waals surface area contributed by atoms with E-state index in [0.29, 0.717) is 0 Å². The number of non-ortho nitro benzene ring substituents is 1. The van der Waals surface area contributed by atoms with E-state index >= 15 is 0 Å². The van der Waals surface area contributed by atoms with Gasteiger partial charge in [0.15, 0.2) is 0 Å². The van der Waals surface area contributed by atoms with Gasteiger partial charge < -0.3 is 14.2 Å². The molecule has 142 valence electrons. The molecule has 0 fully saturated rings. The van der Waals surface area contributed by atoms with Crippen LogP contribution in [0.1, 0.15) is 20.8 Å². The van der Waals surface area contributed by atoms with Gasteiger partial charge in [-0.25, -0.2) is 9.59 Å². The average Bonchev–Trinajstić information content (AvgIpc) is 2.52. The van der Waals surface area contributed by atoms with Crippen molar-refractivity contribution < 1.29 is 38.6 Å². The highest BCUT2D eigenvalue weighted by molar-refractivity contribution is 5.75. The Morgan fingerprint density at radius 1 is 1.00 bits per heavy atom. The maximum absolute atomic E-state index is 11.8. The first-order valence-electron chi connectivity index (χ1n) is 7.24. The number of hydrogen-bond acceptors (Lipinski definition) is 10. The highest BCUT2D eigenvalue weighted by Crippen LogP contribution is 2.18. The number of carbonyl (C=O) groups excluding carboxylic acids is 2. The Morgan fingerprint density at radius 3 is 2.04 bits per heavy atom. The van der Waals surface area contributed by atoms with E-state index in [1.807, 2.05) is 0 Å². The molecule has 0 N–H and O–H groups in total. The molecule has 0 aliphatic carbocycles. The van der Waals surface area contributed by atoms with Crippen LogP contribution >= 0.6 is 0 Å². The molecule has 0 saturated carbocycles. The minimum Gasteiger partial charge on any atom is -0.424 e. The van der Waals surface area contributed by atoms with Crippen LogP contribution in [0, 0.1) is 26.1 Å². The van der Waals surface area contributed by atoms with Crippen molar-refractivity contribution in [1.29, 1.82) is 0 Å². The maximum atomic E-state index is 11.8. The smallest absolute Gasteiger partial charge is 0.424 e. The number of rotatable bonds is 8. The molecule has 0 bridgehead atoms. The maximum Gasteiger partial charge on any atom is 0.516 e. The van der Waals surface area contributed by atoms with Gasteiger partial charge >= 0.3 is 12.1 Å². The molecule has 0 amide bonds. The molecule has 0 saturated heterocycles. The van der Waals surface area contributed by atoms with Gasteiger partial charge in [-0.05, 0) is 18.1 Å². The van der Waals surface area contributed by atoms with Crippen LogP contribution in [0.4, 0.5) is 10.5 Å². The summed E-state index contributed by atoms with van der Waals surface area (Å²) in [6.07, 6.45) is -4.14. The second-order valence-electron chi connectivity index (χ2n) is 5.22. The molecule has 1 rings (SSSR count). The van der Waals surface area contributed by atoms with E-state index in [-0.39, 0.29) is 11.4 Å². The normalized spacial score (nSPS) is 12.6. The molecule has 12 nitrogen and oxygen atoms in total. The number of esters is 1. The summed E-state index contributed by atoms with van der Waals surface area (Å²) in [4.78, 5) is 47.9. The molecule has 0 aliphatic rings. The lowest BCUT2D eigenvalue weighted by molar-refractivity contribution is -0.766.